The van der Waals surface area contributed by atoms with Crippen LogP contribution in [-0.2, 0) is 33.8 Å². The number of hydrogen-bond acceptors (Lipinski definition) is 15. The second-order valence-electron chi connectivity index (χ2n) is 14.9. The summed E-state index contributed by atoms with van der Waals surface area (Å²) in [6.45, 7) is 5.68. The van der Waals surface area contributed by atoms with Crippen LogP contribution in [0.4, 0.5) is 28.0 Å². The molecule has 0 amide bonds. The molecule has 15 nitrogen and oxygen atoms in total. The summed E-state index contributed by atoms with van der Waals surface area (Å²) < 4.78 is 70.3. The van der Waals surface area contributed by atoms with E-state index in [-0.39, 0.29) is 24.2 Å². The number of aromatic nitrogens is 8. The summed E-state index contributed by atoms with van der Waals surface area (Å²) in [7, 11) is 0. The predicted molar refractivity (Wildman–Crippen MR) is 239 cm³/mol. The normalized spacial score (nSPS) is 13.8. The van der Waals surface area contributed by atoms with Crippen LogP contribution in [0.1, 0.15) is 52.4 Å². The minimum atomic E-state index is -1.80. The fourth-order valence-corrected chi connectivity index (χ4v) is 9.14. The first kappa shape index (κ1) is 47.5. The Labute approximate surface area is 388 Å². The average molecular weight is 951 g/mol. The molecule has 0 fully saturated rings. The number of aliphatic hydroxyl groups excluding tert-OH is 1. The fraction of sp³-hybridized carbons (Fsp3) is 0.196. The number of nitriles is 1. The predicted octanol–water partition coefficient (Wildman–Crippen LogP) is 9.06. The summed E-state index contributed by atoms with van der Waals surface area (Å²) in [6.07, 6.45) is 4.12. The number of carbonyl (C=O) groups excluding carboxylic acids is 1. The van der Waals surface area contributed by atoms with E-state index in [1.54, 1.807) is 50.2 Å². The van der Waals surface area contributed by atoms with Crippen molar-refractivity contribution in [2.75, 3.05) is 6.79 Å². The molecular weight excluding hydrogens is 913 g/mol. The first-order valence-electron chi connectivity index (χ1n) is 20.0. The molecule has 0 spiro atoms. The third-order valence-electron chi connectivity index (χ3n) is 10.8. The highest BCUT2D eigenvalue weighted by Gasteiger charge is 2.48. The van der Waals surface area contributed by atoms with Crippen molar-refractivity contribution in [2.24, 2.45) is 4.99 Å². The first-order chi connectivity index (χ1) is 32.3. The van der Waals surface area contributed by atoms with Gasteiger partial charge in [-0.2, -0.15) is 15.5 Å². The molecule has 67 heavy (non-hydrogen) atoms. The van der Waals surface area contributed by atoms with Crippen LogP contribution >= 0.6 is 22.7 Å². The van der Waals surface area contributed by atoms with Gasteiger partial charge >= 0.3 is 6.16 Å². The maximum Gasteiger partial charge on any atom is 0.511 e. The van der Waals surface area contributed by atoms with Crippen LogP contribution < -0.4 is 0 Å². The maximum atomic E-state index is 15.2. The number of thiazole rings is 2. The molecule has 21 heteroatoms. The molecule has 4 atom stereocenters. The molecule has 0 aliphatic rings. The molecule has 0 saturated carbocycles. The van der Waals surface area contributed by atoms with Crippen molar-refractivity contribution in [1.29, 1.82) is 5.26 Å². The molecule has 2 N–H and O–H groups in total. The van der Waals surface area contributed by atoms with Gasteiger partial charge in [-0.05, 0) is 49.2 Å². The minimum absolute atomic E-state index is 0.0491. The van der Waals surface area contributed by atoms with Crippen LogP contribution in [0.25, 0.3) is 22.5 Å². The number of halogens is 4. The van der Waals surface area contributed by atoms with Gasteiger partial charge in [-0.15, -0.1) is 22.7 Å². The molecule has 0 bridgehead atoms. The molecule has 0 saturated heterocycles. The Morgan fingerprint density at radius 3 is 1.81 bits per heavy atom. The highest BCUT2D eigenvalue weighted by Crippen LogP contribution is 2.45. The summed E-state index contributed by atoms with van der Waals surface area (Å²) in [5, 5.41) is 42.5. The molecule has 4 aromatic heterocycles. The zero-order valence-corrected chi connectivity index (χ0v) is 37.1. The highest BCUT2D eigenvalue weighted by atomic mass is 32.1. The van der Waals surface area contributed by atoms with E-state index in [1.807, 2.05) is 22.9 Å². The molecule has 2 unspecified atom stereocenters. The van der Waals surface area contributed by atoms with E-state index in [4.69, 9.17) is 20.1 Å². The monoisotopic (exact) mass is 950 g/mol. The second-order valence-corrected chi connectivity index (χ2v) is 16.6. The average Bonchev–Trinajstić information content (AvgIpc) is 4.19. The van der Waals surface area contributed by atoms with Gasteiger partial charge in [-0.3, -0.25) is 4.99 Å². The summed E-state index contributed by atoms with van der Waals surface area (Å²) in [6, 6.07) is 22.4. The van der Waals surface area contributed by atoms with E-state index in [0.717, 1.165) is 29.3 Å². The lowest BCUT2D eigenvalue weighted by Crippen LogP contribution is -2.43. The van der Waals surface area contributed by atoms with Crippen LogP contribution in [0.3, 0.4) is 0 Å². The highest BCUT2D eigenvalue weighted by molar-refractivity contribution is 7.10. The van der Waals surface area contributed by atoms with Crippen molar-refractivity contribution in [1.82, 2.24) is 39.5 Å². The molecule has 4 aromatic carbocycles. The van der Waals surface area contributed by atoms with Gasteiger partial charge in [0, 0.05) is 51.1 Å². The Balaban J connectivity index is 0.000000201. The van der Waals surface area contributed by atoms with E-state index in [2.05, 4.69) is 47.7 Å². The van der Waals surface area contributed by atoms with E-state index < -0.39 is 59.3 Å². The zero-order chi connectivity index (χ0) is 47.7. The molecule has 0 aliphatic heterocycles. The van der Waals surface area contributed by atoms with Gasteiger partial charge < -0.3 is 19.7 Å². The Kier molecular flexibility index (Phi) is 14.7. The van der Waals surface area contributed by atoms with Gasteiger partial charge in [0.25, 0.3) is 0 Å². The standard InChI is InChI=1S/C24H21F2N5O4S.C22H17F2N5OS/c1-15(22-30-21(10-36-22)16-3-6-18(27-2)7-4-16)24(35-23(33)34-14-32,11-31-13-28-12-29-31)19-8-5-17(25)9-20(19)26;1-14(21-28-20(10-31-21)16-4-2-15(9-25)3-5-16)22(30,11-29-13-26-12-27-29)18-7-6-17(23)8-19(18)24/h3-10,12-13,15,32H,2,11,14H2,1H3;2-8,10,12-14,30H,11H2,1H3/t15-,24?;14-,22?/m00/s1. The number of aliphatic imine (C=N–C) groups is 1. The third kappa shape index (κ3) is 10.6. The lowest BCUT2D eigenvalue weighted by atomic mass is 9.81. The van der Waals surface area contributed by atoms with Gasteiger partial charge in [0.1, 0.15) is 59.2 Å². The van der Waals surface area contributed by atoms with Crippen LogP contribution in [0.2, 0.25) is 0 Å². The van der Waals surface area contributed by atoms with Crippen molar-refractivity contribution in [3.05, 3.63) is 171 Å². The summed E-state index contributed by atoms with van der Waals surface area (Å²) in [5.74, 6) is -4.74. The molecular formula is C46H38F4N10O5S2. The Bertz CT molecular complexity index is 2980. The van der Waals surface area contributed by atoms with Crippen LogP contribution in [0.5, 0.6) is 0 Å². The smallest absolute Gasteiger partial charge is 0.420 e. The van der Waals surface area contributed by atoms with Crippen LogP contribution in [-0.4, -0.2) is 69.4 Å². The molecule has 342 valence electrons. The maximum absolute atomic E-state index is 15.2. The van der Waals surface area contributed by atoms with Crippen LogP contribution in [0.15, 0.2) is 126 Å². The summed E-state index contributed by atoms with van der Waals surface area (Å²) in [5.41, 5.74) is 0.470. The molecule has 4 heterocycles. The third-order valence-corrected chi connectivity index (χ3v) is 12.9. The summed E-state index contributed by atoms with van der Waals surface area (Å²) >= 11 is 2.60. The van der Waals surface area contributed by atoms with Gasteiger partial charge in [0.2, 0.25) is 0 Å². The molecule has 0 aliphatic carbocycles. The SMILES string of the molecule is C=Nc1ccc(-c2csc([C@H](C)C(Cn3cncn3)(OC(=O)OCO)c3ccc(F)cc3F)n2)cc1.C[C@@H](c1nc(-c2ccc(C#N)cc2)cs1)C(O)(Cn1cncn1)c1ccc(F)cc1F. The molecule has 0 radical (unpaired) electrons. The second kappa shape index (κ2) is 20.8. The largest absolute Gasteiger partial charge is 0.511 e. The number of nitrogens with zero attached hydrogens (tertiary/aromatic N) is 10. The van der Waals surface area contributed by atoms with Crippen LogP contribution in [0, 0.1) is 34.6 Å². The lowest BCUT2D eigenvalue weighted by molar-refractivity contribution is -0.0849. The van der Waals surface area contributed by atoms with Gasteiger partial charge in [-0.25, -0.2) is 51.7 Å². The Morgan fingerprint density at radius 2 is 1.31 bits per heavy atom. The van der Waals surface area contributed by atoms with E-state index in [9.17, 15) is 23.1 Å². The van der Waals surface area contributed by atoms with E-state index in [0.29, 0.717) is 38.7 Å². The first-order valence-corrected chi connectivity index (χ1v) is 21.8. The Morgan fingerprint density at radius 1 is 0.791 bits per heavy atom. The number of aliphatic hydroxyl groups is 2. The minimum Gasteiger partial charge on any atom is -0.420 e. The van der Waals surface area contributed by atoms with Crippen molar-refractivity contribution >= 4 is 41.2 Å². The quantitative estimate of drug-likeness (QED) is 0.0428. The summed E-state index contributed by atoms with van der Waals surface area (Å²) in [4.78, 5) is 33.5. The number of hydrogen-bond donors (Lipinski definition) is 2. The van der Waals surface area contributed by atoms with Crippen molar-refractivity contribution < 1.29 is 42.0 Å². The Hall–Kier alpha value is -7.51. The lowest BCUT2D eigenvalue weighted by Gasteiger charge is -2.37. The fourth-order valence-electron chi connectivity index (χ4n) is 7.20. The molecule has 8 aromatic rings. The number of benzene rings is 4. The van der Waals surface area contributed by atoms with Gasteiger partial charge in [-0.1, -0.05) is 44.2 Å². The van der Waals surface area contributed by atoms with Gasteiger partial charge in [0.05, 0.1) is 52.7 Å². The number of ether oxygens (including phenoxy) is 2. The van der Waals surface area contributed by atoms with E-state index >= 15 is 4.39 Å². The number of carbonyl (C=O) groups is 1. The zero-order valence-electron chi connectivity index (χ0n) is 35.4. The van der Waals surface area contributed by atoms with Gasteiger partial charge in [0.15, 0.2) is 12.4 Å². The number of rotatable bonds is 15. The van der Waals surface area contributed by atoms with E-state index in [1.165, 1.54) is 69.5 Å². The molecule has 8 rings (SSSR count). The topological polar surface area (TPSA) is 199 Å². The van der Waals surface area contributed by atoms with Crippen molar-refractivity contribution in [2.45, 2.75) is 50.0 Å². The van der Waals surface area contributed by atoms with Crippen molar-refractivity contribution in [3.8, 4) is 28.6 Å². The van der Waals surface area contributed by atoms with Crippen molar-refractivity contribution in [3.63, 3.8) is 0 Å².